The van der Waals surface area contributed by atoms with Gasteiger partial charge in [-0.3, -0.25) is 4.99 Å². The van der Waals surface area contributed by atoms with E-state index in [9.17, 15) is 0 Å². The molecule has 16 heavy (non-hydrogen) atoms. The number of likely N-dealkylation sites (N-methyl/N-ethyl adjacent to an activating group) is 1. The highest BCUT2D eigenvalue weighted by Crippen LogP contribution is 1.97. The molecule has 4 nitrogen and oxygen atoms in total. The molecule has 0 aliphatic carbocycles. The van der Waals surface area contributed by atoms with Crippen LogP contribution in [-0.2, 0) is 0 Å². The van der Waals surface area contributed by atoms with E-state index in [1.54, 1.807) is 0 Å². The number of unbranched alkanes of at least 4 members (excludes halogenated alkanes) is 1. The quantitative estimate of drug-likeness (QED) is 0.534. The Kier molecular flexibility index (Phi) is 7.13. The zero-order valence-corrected chi connectivity index (χ0v) is 11.5. The van der Waals surface area contributed by atoms with Crippen LogP contribution in [0.5, 0.6) is 0 Å². The van der Waals surface area contributed by atoms with E-state index >= 15 is 0 Å². The number of nitrogens with two attached hydrogens (primary N) is 1. The molecule has 3 N–H and O–H groups in total. The number of nitrogens with zero attached hydrogens (tertiary/aromatic N) is 2. The molecule has 0 rings (SSSR count). The molecule has 0 heterocycles. The molecule has 0 radical (unpaired) electrons. The zero-order valence-electron chi connectivity index (χ0n) is 11.5. The highest BCUT2D eigenvalue weighted by Gasteiger charge is 2.09. The number of aliphatic imine (C=N–C) groups is 1. The van der Waals surface area contributed by atoms with E-state index in [2.05, 4.69) is 50.0 Å². The Hall–Kier alpha value is -0.770. The second-order valence-corrected chi connectivity index (χ2v) is 5.30. The van der Waals surface area contributed by atoms with Crippen LogP contribution in [0.1, 0.15) is 40.5 Å². The molecule has 0 bridgehead atoms. The SMILES string of the molecule is CCCCN(C)CCN=C(N)NC(C)(C)C. The van der Waals surface area contributed by atoms with Crippen molar-refractivity contribution in [1.82, 2.24) is 10.2 Å². The molecular weight excluding hydrogens is 200 g/mol. The van der Waals surface area contributed by atoms with Gasteiger partial charge in [0.2, 0.25) is 0 Å². The van der Waals surface area contributed by atoms with Crippen LogP contribution in [0.3, 0.4) is 0 Å². The molecule has 0 amide bonds. The van der Waals surface area contributed by atoms with Gasteiger partial charge in [-0.1, -0.05) is 13.3 Å². The van der Waals surface area contributed by atoms with Crippen molar-refractivity contribution in [1.29, 1.82) is 0 Å². The molecule has 4 heteroatoms. The minimum absolute atomic E-state index is 0.0122. The summed E-state index contributed by atoms with van der Waals surface area (Å²) in [5.74, 6) is 0.538. The summed E-state index contributed by atoms with van der Waals surface area (Å²) in [5, 5.41) is 3.15. The summed E-state index contributed by atoms with van der Waals surface area (Å²) in [6, 6.07) is 0. The van der Waals surface area contributed by atoms with E-state index in [4.69, 9.17) is 5.73 Å². The lowest BCUT2D eigenvalue weighted by Gasteiger charge is -2.21. The maximum absolute atomic E-state index is 5.77. The Bertz CT molecular complexity index is 206. The van der Waals surface area contributed by atoms with Gasteiger partial charge in [-0.15, -0.1) is 0 Å². The van der Waals surface area contributed by atoms with Crippen LogP contribution >= 0.6 is 0 Å². The van der Waals surface area contributed by atoms with E-state index in [-0.39, 0.29) is 5.54 Å². The highest BCUT2D eigenvalue weighted by molar-refractivity contribution is 5.78. The Morgan fingerprint density at radius 2 is 1.94 bits per heavy atom. The number of guanidine groups is 1. The van der Waals surface area contributed by atoms with Crippen LogP contribution in [-0.4, -0.2) is 43.1 Å². The van der Waals surface area contributed by atoms with Gasteiger partial charge in [0.05, 0.1) is 6.54 Å². The second kappa shape index (κ2) is 7.49. The van der Waals surface area contributed by atoms with E-state index in [0.29, 0.717) is 5.96 Å². The van der Waals surface area contributed by atoms with E-state index in [1.165, 1.54) is 12.8 Å². The van der Waals surface area contributed by atoms with Gasteiger partial charge in [0.1, 0.15) is 0 Å². The predicted octanol–water partition coefficient (Wildman–Crippen LogP) is 1.42. The van der Waals surface area contributed by atoms with Gasteiger partial charge < -0.3 is 16.0 Å². The van der Waals surface area contributed by atoms with Crippen molar-refractivity contribution in [2.24, 2.45) is 10.7 Å². The lowest BCUT2D eigenvalue weighted by Crippen LogP contribution is -2.45. The Morgan fingerprint density at radius 3 is 2.44 bits per heavy atom. The van der Waals surface area contributed by atoms with Crippen molar-refractivity contribution in [2.45, 2.75) is 46.1 Å². The smallest absolute Gasteiger partial charge is 0.189 e. The largest absolute Gasteiger partial charge is 0.370 e. The number of hydrogen-bond acceptors (Lipinski definition) is 2. The van der Waals surface area contributed by atoms with Crippen molar-refractivity contribution >= 4 is 5.96 Å². The Labute approximate surface area is 100 Å². The van der Waals surface area contributed by atoms with Crippen LogP contribution in [0.25, 0.3) is 0 Å². The molecule has 0 saturated carbocycles. The summed E-state index contributed by atoms with van der Waals surface area (Å²) in [7, 11) is 2.12. The molecule has 0 aromatic heterocycles. The topological polar surface area (TPSA) is 53.6 Å². The normalized spacial score (nSPS) is 13.2. The maximum atomic E-state index is 5.77. The fraction of sp³-hybridized carbons (Fsp3) is 0.917. The molecule has 0 aromatic carbocycles. The van der Waals surface area contributed by atoms with Crippen LogP contribution in [0.15, 0.2) is 4.99 Å². The molecule has 0 aliphatic rings. The molecule has 0 aliphatic heterocycles. The molecule has 0 saturated heterocycles. The molecule has 0 unspecified atom stereocenters. The highest BCUT2D eigenvalue weighted by atomic mass is 15.1. The molecule has 0 aromatic rings. The van der Waals surface area contributed by atoms with Crippen molar-refractivity contribution in [2.75, 3.05) is 26.7 Å². The lowest BCUT2D eigenvalue weighted by molar-refractivity contribution is 0.337. The summed E-state index contributed by atoms with van der Waals surface area (Å²) in [6.07, 6.45) is 2.48. The molecule has 96 valence electrons. The third kappa shape index (κ3) is 9.77. The summed E-state index contributed by atoms with van der Waals surface area (Å²) in [5.41, 5.74) is 5.75. The first kappa shape index (κ1) is 15.2. The van der Waals surface area contributed by atoms with Crippen LogP contribution in [0.2, 0.25) is 0 Å². The number of hydrogen-bond donors (Lipinski definition) is 2. The molecule has 0 fully saturated rings. The zero-order chi connectivity index (χ0) is 12.6. The van der Waals surface area contributed by atoms with Gasteiger partial charge in [0, 0.05) is 12.1 Å². The van der Waals surface area contributed by atoms with Crippen molar-refractivity contribution in [3.05, 3.63) is 0 Å². The van der Waals surface area contributed by atoms with Gasteiger partial charge in [0.15, 0.2) is 5.96 Å². The lowest BCUT2D eigenvalue weighted by atomic mass is 10.1. The van der Waals surface area contributed by atoms with Gasteiger partial charge in [-0.05, 0) is 40.8 Å². The average molecular weight is 228 g/mol. The van der Waals surface area contributed by atoms with E-state index < -0.39 is 0 Å². The maximum Gasteiger partial charge on any atom is 0.189 e. The molecule has 0 spiro atoms. The summed E-state index contributed by atoms with van der Waals surface area (Å²) >= 11 is 0. The second-order valence-electron chi connectivity index (χ2n) is 5.30. The van der Waals surface area contributed by atoms with E-state index in [0.717, 1.165) is 19.6 Å². The van der Waals surface area contributed by atoms with Crippen LogP contribution < -0.4 is 11.1 Å². The van der Waals surface area contributed by atoms with Crippen molar-refractivity contribution in [3.63, 3.8) is 0 Å². The average Bonchev–Trinajstić information content (AvgIpc) is 2.11. The fourth-order valence-corrected chi connectivity index (χ4v) is 1.30. The van der Waals surface area contributed by atoms with Gasteiger partial charge in [-0.2, -0.15) is 0 Å². The van der Waals surface area contributed by atoms with Gasteiger partial charge in [-0.25, -0.2) is 0 Å². The third-order valence-electron chi connectivity index (χ3n) is 2.16. The predicted molar refractivity (Wildman–Crippen MR) is 71.8 cm³/mol. The molecular formula is C12H28N4. The Morgan fingerprint density at radius 1 is 1.31 bits per heavy atom. The van der Waals surface area contributed by atoms with Crippen molar-refractivity contribution < 1.29 is 0 Å². The summed E-state index contributed by atoms with van der Waals surface area (Å²) in [4.78, 5) is 6.59. The minimum Gasteiger partial charge on any atom is -0.370 e. The number of nitrogens with one attached hydrogen (secondary N) is 1. The first-order valence-electron chi connectivity index (χ1n) is 6.12. The van der Waals surface area contributed by atoms with E-state index in [1.807, 2.05) is 0 Å². The first-order chi connectivity index (χ1) is 7.35. The summed E-state index contributed by atoms with van der Waals surface area (Å²) in [6.45, 7) is 11.3. The van der Waals surface area contributed by atoms with Gasteiger partial charge in [0.25, 0.3) is 0 Å². The first-order valence-corrected chi connectivity index (χ1v) is 6.12. The minimum atomic E-state index is -0.0122. The third-order valence-corrected chi connectivity index (χ3v) is 2.16. The van der Waals surface area contributed by atoms with Crippen molar-refractivity contribution in [3.8, 4) is 0 Å². The Balaban J connectivity index is 3.73. The summed E-state index contributed by atoms with van der Waals surface area (Å²) < 4.78 is 0. The monoisotopic (exact) mass is 228 g/mol. The van der Waals surface area contributed by atoms with Crippen LogP contribution in [0.4, 0.5) is 0 Å². The van der Waals surface area contributed by atoms with Gasteiger partial charge >= 0.3 is 0 Å². The van der Waals surface area contributed by atoms with Crippen LogP contribution in [0, 0.1) is 0 Å². The fourth-order valence-electron chi connectivity index (χ4n) is 1.30. The molecule has 0 atom stereocenters. The number of rotatable bonds is 6. The standard InChI is InChI=1S/C12H28N4/c1-6-7-9-16(5)10-8-14-11(13)15-12(2,3)4/h6-10H2,1-5H3,(H3,13,14,15).